The fourth-order valence-corrected chi connectivity index (χ4v) is 2.41. The lowest BCUT2D eigenvalue weighted by Crippen LogP contribution is -2.20. The second-order valence-corrected chi connectivity index (χ2v) is 6.00. The van der Waals surface area contributed by atoms with Gasteiger partial charge in [-0.3, -0.25) is 5.41 Å². The summed E-state index contributed by atoms with van der Waals surface area (Å²) in [6, 6.07) is 3.73. The number of nitrogen functional groups attached to an aromatic ring is 1. The summed E-state index contributed by atoms with van der Waals surface area (Å²) in [6.45, 7) is 6.71. The predicted octanol–water partition coefficient (Wildman–Crippen LogP) is 3.92. The molecule has 128 valence electrons. The van der Waals surface area contributed by atoms with Crippen molar-refractivity contribution in [2.24, 2.45) is 10.7 Å². The quantitative estimate of drug-likeness (QED) is 0.420. The van der Waals surface area contributed by atoms with Crippen LogP contribution in [0.2, 0.25) is 0 Å². The number of benzene rings is 1. The molecule has 0 amide bonds. The maximum atomic E-state index is 8.01. The van der Waals surface area contributed by atoms with E-state index in [4.69, 9.17) is 21.6 Å². The first-order valence-electron chi connectivity index (χ1n) is 8.29. The minimum Gasteiger partial charge on any atom is -0.491 e. The van der Waals surface area contributed by atoms with Crippen molar-refractivity contribution in [2.75, 3.05) is 12.3 Å². The average molecular weight is 326 g/mol. The molecule has 0 unspecified atom stereocenters. The van der Waals surface area contributed by atoms with Crippen LogP contribution in [0.15, 0.2) is 40.7 Å². The van der Waals surface area contributed by atoms with Crippen LogP contribution in [0.3, 0.4) is 0 Å². The number of aliphatic imine (C=N–C) groups is 1. The van der Waals surface area contributed by atoms with Gasteiger partial charge >= 0.3 is 0 Å². The summed E-state index contributed by atoms with van der Waals surface area (Å²) in [5, 5.41) is 8.01. The number of allylic oxidation sites excluding steroid dienone is 2. The minimum absolute atomic E-state index is 0.285. The van der Waals surface area contributed by atoms with Crippen LogP contribution in [-0.4, -0.2) is 18.0 Å². The fourth-order valence-electron chi connectivity index (χ4n) is 2.41. The van der Waals surface area contributed by atoms with E-state index in [2.05, 4.69) is 11.9 Å². The highest BCUT2D eigenvalue weighted by atomic mass is 16.5. The standard InChI is InChI=1S/C19H26N4O/c1-4-5-6-9-24-19-11-18(15(21)10-16(19)22)23-17-8-7-14(20)12(2)13(17)3/h7-8,10-11,22H,4-6,9,20-21H2,1-3H3/b22-16?,23-18-. The molecule has 0 aromatic heterocycles. The van der Waals surface area contributed by atoms with Crippen LogP contribution < -0.4 is 11.5 Å². The third kappa shape index (κ3) is 4.04. The van der Waals surface area contributed by atoms with Crippen molar-refractivity contribution in [2.45, 2.75) is 40.0 Å². The minimum atomic E-state index is 0.285. The Balaban J connectivity index is 2.27. The molecule has 0 spiro atoms. The molecule has 0 fully saturated rings. The molecule has 0 bridgehead atoms. The van der Waals surface area contributed by atoms with Crippen molar-refractivity contribution in [3.05, 3.63) is 46.9 Å². The molecule has 1 aliphatic rings. The van der Waals surface area contributed by atoms with E-state index in [9.17, 15) is 0 Å². The average Bonchev–Trinajstić information content (AvgIpc) is 2.55. The first kappa shape index (κ1) is 17.8. The number of hydrogen-bond donors (Lipinski definition) is 3. The van der Waals surface area contributed by atoms with Gasteiger partial charge in [-0.1, -0.05) is 19.8 Å². The van der Waals surface area contributed by atoms with Gasteiger partial charge in [0.1, 0.15) is 5.76 Å². The topological polar surface area (TPSA) is 97.5 Å². The smallest absolute Gasteiger partial charge is 0.146 e. The Morgan fingerprint density at radius 3 is 2.54 bits per heavy atom. The molecule has 24 heavy (non-hydrogen) atoms. The summed E-state index contributed by atoms with van der Waals surface area (Å²) in [5.41, 5.74) is 16.9. The zero-order valence-electron chi connectivity index (χ0n) is 14.6. The molecule has 0 saturated carbocycles. The second-order valence-electron chi connectivity index (χ2n) is 6.00. The van der Waals surface area contributed by atoms with E-state index < -0.39 is 0 Å². The summed E-state index contributed by atoms with van der Waals surface area (Å²) in [4.78, 5) is 4.64. The van der Waals surface area contributed by atoms with Gasteiger partial charge in [0.2, 0.25) is 0 Å². The Morgan fingerprint density at radius 1 is 1.08 bits per heavy atom. The van der Waals surface area contributed by atoms with Gasteiger partial charge in [-0.15, -0.1) is 0 Å². The molecule has 5 nitrogen and oxygen atoms in total. The number of rotatable bonds is 6. The monoisotopic (exact) mass is 326 g/mol. The van der Waals surface area contributed by atoms with Crippen molar-refractivity contribution < 1.29 is 4.74 Å². The SMILES string of the molecule is CCCCCOC1=C/C(=N/c2ccc(N)c(C)c2C)C(N)=CC1=N. The third-order valence-corrected chi connectivity index (χ3v) is 4.18. The van der Waals surface area contributed by atoms with Gasteiger partial charge in [-0.25, -0.2) is 4.99 Å². The number of nitrogens with one attached hydrogen (secondary N) is 1. The zero-order chi connectivity index (χ0) is 17.7. The van der Waals surface area contributed by atoms with E-state index in [0.717, 1.165) is 41.8 Å². The van der Waals surface area contributed by atoms with Gasteiger partial charge in [0.05, 0.1) is 29.4 Å². The maximum absolute atomic E-state index is 8.01. The van der Waals surface area contributed by atoms with Gasteiger partial charge in [-0.2, -0.15) is 0 Å². The van der Waals surface area contributed by atoms with Crippen molar-refractivity contribution in [1.29, 1.82) is 5.41 Å². The maximum Gasteiger partial charge on any atom is 0.146 e. The Labute approximate surface area is 143 Å². The molecule has 1 aromatic rings. The largest absolute Gasteiger partial charge is 0.491 e. The van der Waals surface area contributed by atoms with E-state index in [1.54, 1.807) is 12.2 Å². The van der Waals surface area contributed by atoms with Gasteiger partial charge in [-0.05, 0) is 49.6 Å². The highest BCUT2D eigenvalue weighted by Crippen LogP contribution is 2.27. The Hall–Kier alpha value is -2.56. The summed E-state index contributed by atoms with van der Waals surface area (Å²) < 4.78 is 5.72. The molecule has 0 heterocycles. The molecule has 0 aliphatic heterocycles. The zero-order valence-corrected chi connectivity index (χ0v) is 14.6. The van der Waals surface area contributed by atoms with Crippen LogP contribution in [-0.2, 0) is 4.74 Å². The van der Waals surface area contributed by atoms with Crippen LogP contribution in [0.1, 0.15) is 37.3 Å². The summed E-state index contributed by atoms with van der Waals surface area (Å²) in [7, 11) is 0. The van der Waals surface area contributed by atoms with Gasteiger partial charge in [0.15, 0.2) is 0 Å². The van der Waals surface area contributed by atoms with E-state index in [0.29, 0.717) is 23.8 Å². The molecule has 0 atom stereocenters. The molecule has 5 heteroatoms. The lowest BCUT2D eigenvalue weighted by molar-refractivity contribution is 0.224. The van der Waals surface area contributed by atoms with E-state index in [1.807, 2.05) is 26.0 Å². The molecule has 5 N–H and O–H groups in total. The Morgan fingerprint density at radius 2 is 1.83 bits per heavy atom. The molecule has 2 rings (SSSR count). The lowest BCUT2D eigenvalue weighted by atomic mass is 10.0. The summed E-state index contributed by atoms with van der Waals surface area (Å²) in [6.07, 6.45) is 6.56. The highest BCUT2D eigenvalue weighted by Gasteiger charge is 2.16. The van der Waals surface area contributed by atoms with Gasteiger partial charge < -0.3 is 16.2 Å². The van der Waals surface area contributed by atoms with Crippen molar-refractivity contribution in [1.82, 2.24) is 0 Å². The second kappa shape index (κ2) is 7.81. The number of nitrogens with zero attached hydrogens (tertiary/aromatic N) is 1. The first-order valence-corrected chi connectivity index (χ1v) is 8.29. The molecular formula is C19H26N4O. The number of anilines is 1. The molecular weight excluding hydrogens is 300 g/mol. The van der Waals surface area contributed by atoms with Crippen LogP contribution in [0.5, 0.6) is 0 Å². The lowest BCUT2D eigenvalue weighted by Gasteiger charge is -2.16. The van der Waals surface area contributed by atoms with Crippen LogP contribution >= 0.6 is 0 Å². The van der Waals surface area contributed by atoms with Crippen molar-refractivity contribution >= 4 is 22.8 Å². The van der Waals surface area contributed by atoms with Gasteiger partial charge in [0, 0.05) is 11.8 Å². The van der Waals surface area contributed by atoms with Crippen LogP contribution in [0.4, 0.5) is 11.4 Å². The number of hydrogen-bond acceptors (Lipinski definition) is 5. The van der Waals surface area contributed by atoms with Gasteiger partial charge in [0.25, 0.3) is 0 Å². The molecule has 1 aliphatic carbocycles. The number of unbranched alkanes of at least 4 members (excludes halogenated alkanes) is 2. The van der Waals surface area contributed by atoms with Crippen LogP contribution in [0, 0.1) is 19.3 Å². The van der Waals surface area contributed by atoms with Crippen LogP contribution in [0.25, 0.3) is 0 Å². The third-order valence-electron chi connectivity index (χ3n) is 4.18. The van der Waals surface area contributed by atoms with Crippen molar-refractivity contribution in [3.8, 4) is 0 Å². The highest BCUT2D eigenvalue weighted by molar-refractivity contribution is 6.22. The normalized spacial score (nSPS) is 16.1. The predicted molar refractivity (Wildman–Crippen MR) is 101 cm³/mol. The Kier molecular flexibility index (Phi) is 5.79. The van der Waals surface area contributed by atoms with Crippen molar-refractivity contribution in [3.63, 3.8) is 0 Å². The summed E-state index contributed by atoms with van der Waals surface area (Å²) in [5.74, 6) is 0.517. The molecule has 1 aromatic carbocycles. The Bertz CT molecular complexity index is 729. The van der Waals surface area contributed by atoms with E-state index in [1.165, 1.54) is 0 Å². The number of ether oxygens (including phenoxy) is 1. The molecule has 0 saturated heterocycles. The van der Waals surface area contributed by atoms with E-state index >= 15 is 0 Å². The summed E-state index contributed by atoms with van der Waals surface area (Å²) >= 11 is 0. The van der Waals surface area contributed by atoms with E-state index in [-0.39, 0.29) is 5.71 Å². The number of nitrogens with two attached hydrogens (primary N) is 2. The molecule has 0 radical (unpaired) electrons. The fraction of sp³-hybridized carbons (Fsp3) is 0.368. The first-order chi connectivity index (χ1) is 11.4.